The second kappa shape index (κ2) is 7.29. The van der Waals surface area contributed by atoms with Gasteiger partial charge >= 0.3 is 0 Å². The predicted molar refractivity (Wildman–Crippen MR) is 94.6 cm³/mol. The van der Waals surface area contributed by atoms with Gasteiger partial charge in [-0.25, -0.2) is 5.43 Å². The van der Waals surface area contributed by atoms with Crippen LogP contribution in [-0.4, -0.2) is 28.4 Å². The standard InChI is InChI=1S/C18H24N4O2/c1-6-24-14-9-7-13(8-10-14)12(2)19-22-17(23)15-11-16(21-20-15)18(3,4)5/h7-11H,6H2,1-5H3,(H,20,21)(H,22,23)/b19-12+. The van der Waals surface area contributed by atoms with Gasteiger partial charge in [-0.15, -0.1) is 0 Å². The summed E-state index contributed by atoms with van der Waals surface area (Å²) in [6, 6.07) is 9.31. The Labute approximate surface area is 142 Å². The van der Waals surface area contributed by atoms with Crippen molar-refractivity contribution in [3.05, 3.63) is 47.3 Å². The van der Waals surface area contributed by atoms with E-state index >= 15 is 0 Å². The van der Waals surface area contributed by atoms with Gasteiger partial charge < -0.3 is 4.74 Å². The molecule has 2 N–H and O–H groups in total. The summed E-state index contributed by atoms with van der Waals surface area (Å²) in [5.74, 6) is 0.469. The van der Waals surface area contributed by atoms with Gasteiger partial charge in [0.25, 0.3) is 5.91 Å². The van der Waals surface area contributed by atoms with Gasteiger partial charge in [0.2, 0.25) is 0 Å². The lowest BCUT2D eigenvalue weighted by Crippen LogP contribution is -2.19. The Hall–Kier alpha value is -2.63. The number of aromatic amines is 1. The Morgan fingerprint density at radius 3 is 2.50 bits per heavy atom. The van der Waals surface area contributed by atoms with Crippen LogP contribution in [0, 0.1) is 0 Å². The molecule has 0 saturated heterocycles. The first-order chi connectivity index (χ1) is 11.3. The van der Waals surface area contributed by atoms with E-state index in [-0.39, 0.29) is 11.3 Å². The van der Waals surface area contributed by atoms with Crippen molar-refractivity contribution in [3.63, 3.8) is 0 Å². The molecule has 0 unspecified atom stereocenters. The maximum Gasteiger partial charge on any atom is 0.291 e. The number of nitrogens with zero attached hydrogens (tertiary/aromatic N) is 2. The van der Waals surface area contributed by atoms with Gasteiger partial charge in [-0.05, 0) is 49.7 Å². The van der Waals surface area contributed by atoms with Crippen molar-refractivity contribution in [3.8, 4) is 5.75 Å². The van der Waals surface area contributed by atoms with Crippen LogP contribution in [-0.2, 0) is 5.41 Å². The zero-order chi connectivity index (χ0) is 17.7. The Morgan fingerprint density at radius 2 is 1.96 bits per heavy atom. The molecule has 1 aromatic carbocycles. The summed E-state index contributed by atoms with van der Waals surface area (Å²) >= 11 is 0. The number of nitrogens with one attached hydrogen (secondary N) is 2. The van der Waals surface area contributed by atoms with Crippen LogP contribution < -0.4 is 10.2 Å². The fourth-order valence-electron chi connectivity index (χ4n) is 2.04. The van der Waals surface area contributed by atoms with Gasteiger partial charge in [-0.3, -0.25) is 9.89 Å². The zero-order valence-electron chi connectivity index (χ0n) is 14.8. The van der Waals surface area contributed by atoms with Crippen LogP contribution in [0.2, 0.25) is 0 Å². The molecule has 0 radical (unpaired) electrons. The second-order valence-corrected chi connectivity index (χ2v) is 6.51. The molecule has 0 aliphatic carbocycles. The second-order valence-electron chi connectivity index (χ2n) is 6.51. The maximum absolute atomic E-state index is 12.1. The molecule has 24 heavy (non-hydrogen) atoms. The monoisotopic (exact) mass is 328 g/mol. The van der Waals surface area contributed by atoms with Crippen molar-refractivity contribution in [2.75, 3.05) is 6.61 Å². The number of hydrogen-bond donors (Lipinski definition) is 2. The SMILES string of the molecule is CCOc1ccc(/C(C)=N/NC(=O)c2cc(C(C)(C)C)[nH]n2)cc1. The number of rotatable bonds is 5. The Kier molecular flexibility index (Phi) is 5.39. The van der Waals surface area contributed by atoms with Crippen molar-refractivity contribution in [1.29, 1.82) is 0 Å². The van der Waals surface area contributed by atoms with E-state index in [9.17, 15) is 4.79 Å². The van der Waals surface area contributed by atoms with Gasteiger partial charge in [0.1, 0.15) is 5.75 Å². The number of hydrogen-bond acceptors (Lipinski definition) is 4. The van der Waals surface area contributed by atoms with Gasteiger partial charge in [-0.1, -0.05) is 20.8 Å². The lowest BCUT2D eigenvalue weighted by molar-refractivity contribution is 0.0950. The lowest BCUT2D eigenvalue weighted by Gasteiger charge is -2.14. The first-order valence-corrected chi connectivity index (χ1v) is 7.95. The van der Waals surface area contributed by atoms with E-state index in [2.05, 4.69) is 41.5 Å². The smallest absolute Gasteiger partial charge is 0.291 e. The van der Waals surface area contributed by atoms with Crippen LogP contribution in [0.5, 0.6) is 5.75 Å². The summed E-state index contributed by atoms with van der Waals surface area (Å²) < 4.78 is 5.40. The molecular formula is C18H24N4O2. The molecule has 1 amide bonds. The third kappa shape index (κ3) is 4.44. The summed E-state index contributed by atoms with van der Waals surface area (Å²) in [7, 11) is 0. The van der Waals surface area contributed by atoms with Crippen molar-refractivity contribution in [2.24, 2.45) is 5.10 Å². The predicted octanol–water partition coefficient (Wildman–Crippen LogP) is 3.26. The van der Waals surface area contributed by atoms with Gasteiger partial charge in [-0.2, -0.15) is 10.2 Å². The van der Waals surface area contributed by atoms with Crippen LogP contribution >= 0.6 is 0 Å². The highest BCUT2D eigenvalue weighted by atomic mass is 16.5. The molecule has 0 bridgehead atoms. The highest BCUT2D eigenvalue weighted by Gasteiger charge is 2.19. The minimum absolute atomic E-state index is 0.0903. The van der Waals surface area contributed by atoms with Crippen molar-refractivity contribution in [1.82, 2.24) is 15.6 Å². The molecule has 1 heterocycles. The molecule has 2 aromatic rings. The van der Waals surface area contributed by atoms with Crippen molar-refractivity contribution < 1.29 is 9.53 Å². The summed E-state index contributed by atoms with van der Waals surface area (Å²) in [5.41, 5.74) is 5.29. The van der Waals surface area contributed by atoms with E-state index in [1.807, 2.05) is 38.1 Å². The topological polar surface area (TPSA) is 79.4 Å². The first kappa shape index (κ1) is 17.7. The van der Waals surface area contributed by atoms with Gasteiger partial charge in [0.15, 0.2) is 5.69 Å². The third-order valence-electron chi connectivity index (χ3n) is 3.53. The molecule has 1 aromatic heterocycles. The number of carbonyl (C=O) groups is 1. The molecular weight excluding hydrogens is 304 g/mol. The van der Waals surface area contributed by atoms with E-state index in [1.165, 1.54) is 0 Å². The van der Waals surface area contributed by atoms with E-state index in [0.29, 0.717) is 18.0 Å². The molecule has 0 aliphatic rings. The summed E-state index contributed by atoms with van der Waals surface area (Å²) in [5, 5.41) is 11.1. The van der Waals surface area contributed by atoms with Crippen LogP contribution in [0.15, 0.2) is 35.4 Å². The summed E-state index contributed by atoms with van der Waals surface area (Å²) in [6.45, 7) is 10.6. The van der Waals surface area contributed by atoms with E-state index in [0.717, 1.165) is 17.0 Å². The Bertz CT molecular complexity index is 724. The number of H-pyrrole nitrogens is 1. The fourth-order valence-corrected chi connectivity index (χ4v) is 2.04. The number of benzene rings is 1. The number of amides is 1. The first-order valence-electron chi connectivity index (χ1n) is 7.95. The largest absolute Gasteiger partial charge is 0.494 e. The van der Waals surface area contributed by atoms with Crippen molar-refractivity contribution in [2.45, 2.75) is 40.0 Å². The normalized spacial score (nSPS) is 12.1. The van der Waals surface area contributed by atoms with E-state index < -0.39 is 0 Å². The number of carbonyl (C=O) groups excluding carboxylic acids is 1. The molecule has 0 atom stereocenters. The molecule has 128 valence electrons. The molecule has 6 nitrogen and oxygen atoms in total. The molecule has 0 spiro atoms. The average molecular weight is 328 g/mol. The number of aromatic nitrogens is 2. The molecule has 0 saturated carbocycles. The van der Waals surface area contributed by atoms with E-state index in [1.54, 1.807) is 6.07 Å². The Balaban J connectivity index is 2.03. The highest BCUT2D eigenvalue weighted by molar-refractivity contribution is 6.00. The lowest BCUT2D eigenvalue weighted by atomic mass is 9.92. The fraction of sp³-hybridized carbons (Fsp3) is 0.389. The van der Waals surface area contributed by atoms with Gasteiger partial charge in [0, 0.05) is 11.1 Å². The maximum atomic E-state index is 12.1. The zero-order valence-corrected chi connectivity index (χ0v) is 14.8. The summed E-state index contributed by atoms with van der Waals surface area (Å²) in [4.78, 5) is 12.1. The minimum atomic E-state index is -0.341. The van der Waals surface area contributed by atoms with Crippen molar-refractivity contribution >= 4 is 11.6 Å². The molecule has 0 fully saturated rings. The number of ether oxygens (including phenoxy) is 1. The van der Waals surface area contributed by atoms with Crippen LogP contribution in [0.1, 0.15) is 56.4 Å². The van der Waals surface area contributed by atoms with Crippen LogP contribution in [0.25, 0.3) is 0 Å². The summed E-state index contributed by atoms with van der Waals surface area (Å²) in [6.07, 6.45) is 0. The molecule has 6 heteroatoms. The molecule has 2 rings (SSSR count). The van der Waals surface area contributed by atoms with Crippen LogP contribution in [0.3, 0.4) is 0 Å². The quantitative estimate of drug-likeness (QED) is 0.653. The highest BCUT2D eigenvalue weighted by Crippen LogP contribution is 2.20. The van der Waals surface area contributed by atoms with Crippen LogP contribution in [0.4, 0.5) is 0 Å². The van der Waals surface area contributed by atoms with E-state index in [4.69, 9.17) is 4.74 Å². The minimum Gasteiger partial charge on any atom is -0.494 e. The third-order valence-corrected chi connectivity index (χ3v) is 3.53. The van der Waals surface area contributed by atoms with Gasteiger partial charge in [0.05, 0.1) is 12.3 Å². The number of hydrazone groups is 1. The molecule has 0 aliphatic heterocycles. The average Bonchev–Trinajstić information content (AvgIpc) is 3.03. The Morgan fingerprint density at radius 1 is 1.29 bits per heavy atom.